The lowest BCUT2D eigenvalue weighted by Crippen LogP contribution is -2.35. The van der Waals surface area contributed by atoms with Crippen molar-refractivity contribution < 1.29 is 4.79 Å². The average molecular weight is 480 g/mol. The number of aromatic nitrogens is 5. The summed E-state index contributed by atoms with van der Waals surface area (Å²) >= 11 is 0. The molecule has 182 valence electrons. The van der Waals surface area contributed by atoms with Gasteiger partial charge in [0.15, 0.2) is 0 Å². The molecule has 8 heteroatoms. The van der Waals surface area contributed by atoms with Crippen molar-refractivity contribution in [1.29, 1.82) is 0 Å². The molecule has 1 aliphatic heterocycles. The third kappa shape index (κ3) is 4.84. The molecule has 0 saturated carbocycles. The second-order valence-corrected chi connectivity index (χ2v) is 8.46. The first-order chi connectivity index (χ1) is 17.7. The van der Waals surface area contributed by atoms with Crippen LogP contribution in [0.3, 0.4) is 0 Å². The number of carbonyl (C=O) groups excluding carboxylic acids is 1. The molecule has 0 bridgehead atoms. The van der Waals surface area contributed by atoms with Crippen molar-refractivity contribution in [3.8, 4) is 0 Å². The first-order valence-corrected chi connectivity index (χ1v) is 12.3. The Hall–Kier alpha value is -4.46. The number of hydrogen-bond donors (Lipinski definition) is 3. The number of aromatic amines is 2. The summed E-state index contributed by atoms with van der Waals surface area (Å²) in [7, 11) is 0. The maximum atomic E-state index is 12.7. The van der Waals surface area contributed by atoms with E-state index in [0.717, 1.165) is 51.0 Å². The lowest BCUT2D eigenvalue weighted by molar-refractivity contribution is -0.130. The average Bonchev–Trinajstić information content (AvgIpc) is 3.58. The zero-order valence-electron chi connectivity index (χ0n) is 20.5. The fraction of sp³-hybridized carbons (Fsp3) is 0.214. The first kappa shape index (κ1) is 23.3. The predicted molar refractivity (Wildman–Crippen MR) is 144 cm³/mol. The second-order valence-electron chi connectivity index (χ2n) is 8.46. The molecule has 0 atom stereocenters. The molecule has 0 fully saturated rings. The van der Waals surface area contributed by atoms with E-state index in [4.69, 9.17) is 0 Å². The van der Waals surface area contributed by atoms with Gasteiger partial charge in [-0.2, -0.15) is 5.10 Å². The van der Waals surface area contributed by atoms with Crippen LogP contribution in [0.25, 0.3) is 27.5 Å². The van der Waals surface area contributed by atoms with Crippen LogP contribution in [0.2, 0.25) is 0 Å². The Kier molecular flexibility index (Phi) is 6.75. The van der Waals surface area contributed by atoms with E-state index in [1.165, 1.54) is 5.57 Å². The highest BCUT2D eigenvalue weighted by atomic mass is 16.2. The number of fused-ring (bicyclic) bond motifs is 2. The minimum atomic E-state index is 0.127. The minimum absolute atomic E-state index is 0.127. The van der Waals surface area contributed by atoms with Crippen molar-refractivity contribution in [3.05, 3.63) is 84.6 Å². The molecule has 0 saturated heterocycles. The number of anilines is 2. The molecule has 0 spiro atoms. The SMILES string of the molecule is CC.O=C(Cc1cccnc1)N1CC=C(c2cc3c(Nc4ccc5[nH]ncc5c4)ccnc3[nH]2)CC1. The third-order valence-electron chi connectivity index (χ3n) is 6.24. The first-order valence-electron chi connectivity index (χ1n) is 12.3. The molecule has 0 radical (unpaired) electrons. The van der Waals surface area contributed by atoms with E-state index in [9.17, 15) is 4.79 Å². The molecule has 36 heavy (non-hydrogen) atoms. The number of benzene rings is 1. The Morgan fingerprint density at radius 3 is 2.83 bits per heavy atom. The number of amides is 1. The number of hydrogen-bond acceptors (Lipinski definition) is 5. The predicted octanol–water partition coefficient (Wildman–Crippen LogP) is 5.46. The molecule has 1 aromatic carbocycles. The molecule has 1 aliphatic rings. The summed E-state index contributed by atoms with van der Waals surface area (Å²) < 4.78 is 0. The normalized spacial score (nSPS) is 13.3. The molecule has 6 rings (SSSR count). The van der Waals surface area contributed by atoms with E-state index < -0.39 is 0 Å². The standard InChI is InChI=1S/C26H23N7O.C2H6/c34-25(12-17-2-1-8-27-15-17)33-10-6-18(7-11-33)24-14-21-23(5-9-28-26(21)31-24)30-20-3-4-22-19(13-20)16-29-32-22;1-2/h1-6,8-9,13-16H,7,10-12H2,(H,29,32)(H2,28,30,31);1-2H3. The van der Waals surface area contributed by atoms with Gasteiger partial charge in [-0.25, -0.2) is 4.98 Å². The molecular weight excluding hydrogens is 450 g/mol. The van der Waals surface area contributed by atoms with Crippen LogP contribution < -0.4 is 5.32 Å². The topological polar surface area (TPSA) is 103 Å². The number of H-pyrrole nitrogens is 2. The van der Waals surface area contributed by atoms with Gasteiger partial charge in [0.25, 0.3) is 0 Å². The third-order valence-corrected chi connectivity index (χ3v) is 6.24. The van der Waals surface area contributed by atoms with Gasteiger partial charge in [0.1, 0.15) is 5.65 Å². The van der Waals surface area contributed by atoms with E-state index in [2.05, 4.69) is 48.7 Å². The van der Waals surface area contributed by atoms with Crippen LogP contribution in [-0.2, 0) is 11.2 Å². The highest BCUT2D eigenvalue weighted by Crippen LogP contribution is 2.31. The van der Waals surface area contributed by atoms with E-state index in [-0.39, 0.29) is 5.91 Å². The molecule has 1 amide bonds. The van der Waals surface area contributed by atoms with Crippen LogP contribution in [0.15, 0.2) is 73.3 Å². The van der Waals surface area contributed by atoms with Crippen molar-refractivity contribution in [2.75, 3.05) is 18.4 Å². The van der Waals surface area contributed by atoms with Crippen LogP contribution in [0.5, 0.6) is 0 Å². The maximum absolute atomic E-state index is 12.7. The number of carbonyl (C=O) groups is 1. The van der Waals surface area contributed by atoms with Crippen molar-refractivity contribution in [2.24, 2.45) is 0 Å². The highest BCUT2D eigenvalue weighted by molar-refractivity contribution is 5.95. The van der Waals surface area contributed by atoms with Crippen LogP contribution in [0, 0.1) is 0 Å². The Balaban J connectivity index is 0.00000130. The fourth-order valence-corrected chi connectivity index (χ4v) is 4.41. The van der Waals surface area contributed by atoms with E-state index >= 15 is 0 Å². The molecule has 5 aromatic rings. The van der Waals surface area contributed by atoms with Crippen molar-refractivity contribution >= 4 is 44.8 Å². The summed E-state index contributed by atoms with van der Waals surface area (Å²) in [5, 5.41) is 12.7. The summed E-state index contributed by atoms with van der Waals surface area (Å²) in [6.07, 6.45) is 10.4. The zero-order chi connectivity index (χ0) is 24.9. The van der Waals surface area contributed by atoms with Gasteiger partial charge in [0, 0.05) is 53.8 Å². The van der Waals surface area contributed by atoms with E-state index in [1.807, 2.05) is 55.3 Å². The second kappa shape index (κ2) is 10.4. The lowest BCUT2D eigenvalue weighted by Gasteiger charge is -2.26. The summed E-state index contributed by atoms with van der Waals surface area (Å²) in [5.41, 5.74) is 7.00. The monoisotopic (exact) mass is 479 g/mol. The summed E-state index contributed by atoms with van der Waals surface area (Å²) in [6.45, 7) is 5.30. The zero-order valence-corrected chi connectivity index (χ0v) is 20.5. The quantitative estimate of drug-likeness (QED) is 0.311. The number of nitrogens with one attached hydrogen (secondary N) is 3. The van der Waals surface area contributed by atoms with Gasteiger partial charge in [0.2, 0.25) is 5.91 Å². The van der Waals surface area contributed by atoms with Crippen LogP contribution in [0.4, 0.5) is 11.4 Å². The van der Waals surface area contributed by atoms with Gasteiger partial charge in [-0.3, -0.25) is 14.9 Å². The smallest absolute Gasteiger partial charge is 0.227 e. The molecular formula is C28H29N7O. The molecule has 0 aliphatic carbocycles. The maximum Gasteiger partial charge on any atom is 0.227 e. The van der Waals surface area contributed by atoms with Gasteiger partial charge in [0.05, 0.1) is 23.8 Å². The Morgan fingerprint density at radius 1 is 1.11 bits per heavy atom. The van der Waals surface area contributed by atoms with Crippen molar-refractivity contribution in [1.82, 2.24) is 30.0 Å². The number of nitrogens with zero attached hydrogens (tertiary/aromatic N) is 4. The summed E-state index contributed by atoms with van der Waals surface area (Å²) in [6, 6.07) is 14.0. The molecule has 3 N–H and O–H groups in total. The van der Waals surface area contributed by atoms with Gasteiger partial charge in [-0.05, 0) is 54.0 Å². The van der Waals surface area contributed by atoms with Crippen molar-refractivity contribution in [3.63, 3.8) is 0 Å². The van der Waals surface area contributed by atoms with E-state index in [1.54, 1.807) is 18.6 Å². The van der Waals surface area contributed by atoms with Gasteiger partial charge in [-0.1, -0.05) is 26.0 Å². The van der Waals surface area contributed by atoms with E-state index in [0.29, 0.717) is 19.5 Å². The Labute approximate surface area is 209 Å². The molecule has 4 aromatic heterocycles. The molecule has 8 nitrogen and oxygen atoms in total. The van der Waals surface area contributed by atoms with Gasteiger partial charge < -0.3 is 15.2 Å². The number of rotatable bonds is 5. The van der Waals surface area contributed by atoms with Crippen LogP contribution in [-0.4, -0.2) is 49.0 Å². The highest BCUT2D eigenvalue weighted by Gasteiger charge is 2.19. The summed E-state index contributed by atoms with van der Waals surface area (Å²) in [4.78, 5) is 26.6. The number of pyridine rings is 2. The van der Waals surface area contributed by atoms with Crippen LogP contribution in [0.1, 0.15) is 31.5 Å². The van der Waals surface area contributed by atoms with Crippen LogP contribution >= 0.6 is 0 Å². The largest absolute Gasteiger partial charge is 0.355 e. The van der Waals surface area contributed by atoms with Gasteiger partial charge in [-0.15, -0.1) is 0 Å². The Morgan fingerprint density at radius 2 is 2.03 bits per heavy atom. The Bertz CT molecular complexity index is 1520. The molecule has 5 heterocycles. The minimum Gasteiger partial charge on any atom is -0.355 e. The fourth-order valence-electron chi connectivity index (χ4n) is 4.41. The summed E-state index contributed by atoms with van der Waals surface area (Å²) in [5.74, 6) is 0.127. The van der Waals surface area contributed by atoms with Gasteiger partial charge >= 0.3 is 0 Å². The lowest BCUT2D eigenvalue weighted by atomic mass is 10.0. The van der Waals surface area contributed by atoms with Crippen molar-refractivity contribution in [2.45, 2.75) is 26.7 Å². The molecule has 0 unspecified atom stereocenters.